The number of aromatic nitrogens is 1. The standard InChI is InChI=1S/C22H22ClN3O2/c1-14-8-15(2)21(20(23)9-14)26-18-10-17(12-24-13-18)22(27)25-11-16-4-6-19(28-3)7-5-16/h4-10,12-13,26H,11H2,1-3H3,(H,25,27). The summed E-state index contributed by atoms with van der Waals surface area (Å²) in [4.78, 5) is 16.7. The van der Waals surface area contributed by atoms with E-state index >= 15 is 0 Å². The van der Waals surface area contributed by atoms with Crippen LogP contribution in [0.2, 0.25) is 5.02 Å². The molecule has 28 heavy (non-hydrogen) atoms. The highest BCUT2D eigenvalue weighted by Gasteiger charge is 2.10. The van der Waals surface area contributed by atoms with Crippen molar-refractivity contribution < 1.29 is 9.53 Å². The molecule has 0 fully saturated rings. The lowest BCUT2D eigenvalue weighted by Gasteiger charge is -2.13. The van der Waals surface area contributed by atoms with Gasteiger partial charge in [-0.1, -0.05) is 29.8 Å². The first-order valence-electron chi connectivity index (χ1n) is 8.86. The Kier molecular flexibility index (Phi) is 6.16. The topological polar surface area (TPSA) is 63.2 Å². The third-order valence-electron chi connectivity index (χ3n) is 4.31. The molecule has 1 aromatic heterocycles. The fourth-order valence-corrected chi connectivity index (χ4v) is 3.25. The molecule has 1 amide bonds. The molecule has 2 N–H and O–H groups in total. The zero-order chi connectivity index (χ0) is 20.1. The van der Waals surface area contributed by atoms with Crippen molar-refractivity contribution in [2.75, 3.05) is 12.4 Å². The average Bonchev–Trinajstić information content (AvgIpc) is 2.69. The predicted octanol–water partition coefficient (Wildman–Crippen LogP) is 5.03. The van der Waals surface area contributed by atoms with Crippen molar-refractivity contribution in [2.45, 2.75) is 20.4 Å². The summed E-state index contributed by atoms with van der Waals surface area (Å²) in [6.45, 7) is 4.40. The van der Waals surface area contributed by atoms with E-state index in [1.807, 2.05) is 50.2 Å². The van der Waals surface area contributed by atoms with Crippen LogP contribution in [0.25, 0.3) is 0 Å². The highest BCUT2D eigenvalue weighted by atomic mass is 35.5. The van der Waals surface area contributed by atoms with Crippen LogP contribution < -0.4 is 15.4 Å². The van der Waals surface area contributed by atoms with Crippen molar-refractivity contribution in [2.24, 2.45) is 0 Å². The van der Waals surface area contributed by atoms with Crippen molar-refractivity contribution in [3.8, 4) is 5.75 Å². The van der Waals surface area contributed by atoms with Crippen LogP contribution in [0.15, 0.2) is 54.9 Å². The molecule has 0 spiro atoms. The second kappa shape index (κ2) is 8.76. The number of hydrogen-bond donors (Lipinski definition) is 2. The third-order valence-corrected chi connectivity index (χ3v) is 4.61. The van der Waals surface area contributed by atoms with E-state index in [9.17, 15) is 4.79 Å². The van der Waals surface area contributed by atoms with Crippen LogP contribution in [0.5, 0.6) is 5.75 Å². The Balaban J connectivity index is 1.69. The normalized spacial score (nSPS) is 10.4. The molecule has 0 saturated heterocycles. The molecule has 144 valence electrons. The SMILES string of the molecule is COc1ccc(CNC(=O)c2cncc(Nc3c(C)cc(C)cc3Cl)c2)cc1. The van der Waals surface area contributed by atoms with Gasteiger partial charge in [0.05, 0.1) is 35.3 Å². The van der Waals surface area contributed by atoms with Gasteiger partial charge in [-0.15, -0.1) is 0 Å². The largest absolute Gasteiger partial charge is 0.497 e. The molecule has 0 bridgehead atoms. The zero-order valence-corrected chi connectivity index (χ0v) is 16.8. The van der Waals surface area contributed by atoms with E-state index in [1.165, 1.54) is 6.20 Å². The molecule has 1 heterocycles. The van der Waals surface area contributed by atoms with E-state index < -0.39 is 0 Å². The van der Waals surface area contributed by atoms with Crippen molar-refractivity contribution in [1.82, 2.24) is 10.3 Å². The average molecular weight is 396 g/mol. The van der Waals surface area contributed by atoms with Gasteiger partial charge >= 0.3 is 0 Å². The number of nitrogens with zero attached hydrogens (tertiary/aromatic N) is 1. The Morgan fingerprint density at radius 1 is 1.11 bits per heavy atom. The molecule has 5 nitrogen and oxygen atoms in total. The number of hydrogen-bond acceptors (Lipinski definition) is 4. The third kappa shape index (κ3) is 4.81. The highest BCUT2D eigenvalue weighted by molar-refractivity contribution is 6.33. The number of carbonyl (C=O) groups is 1. The smallest absolute Gasteiger partial charge is 0.253 e. The summed E-state index contributed by atoms with van der Waals surface area (Å²) in [5.41, 5.74) is 5.09. The fourth-order valence-electron chi connectivity index (χ4n) is 2.88. The number of rotatable bonds is 6. The summed E-state index contributed by atoms with van der Waals surface area (Å²) in [5.74, 6) is 0.585. The van der Waals surface area contributed by atoms with Crippen LogP contribution in [-0.4, -0.2) is 18.0 Å². The maximum atomic E-state index is 12.5. The van der Waals surface area contributed by atoms with E-state index in [4.69, 9.17) is 16.3 Å². The number of aryl methyl sites for hydroxylation is 2. The van der Waals surface area contributed by atoms with Gasteiger partial charge < -0.3 is 15.4 Å². The van der Waals surface area contributed by atoms with Crippen LogP contribution in [0.3, 0.4) is 0 Å². The van der Waals surface area contributed by atoms with Crippen molar-refractivity contribution in [1.29, 1.82) is 0 Å². The Bertz CT molecular complexity index is 964. The highest BCUT2D eigenvalue weighted by Crippen LogP contribution is 2.30. The Hall–Kier alpha value is -3.05. The Labute approximate surface area is 169 Å². The monoisotopic (exact) mass is 395 g/mol. The van der Waals surface area contributed by atoms with Gasteiger partial charge in [-0.05, 0) is 54.8 Å². The first-order valence-corrected chi connectivity index (χ1v) is 9.24. The maximum Gasteiger partial charge on any atom is 0.253 e. The number of benzene rings is 2. The second-order valence-corrected chi connectivity index (χ2v) is 6.96. The zero-order valence-electron chi connectivity index (χ0n) is 16.0. The van der Waals surface area contributed by atoms with Gasteiger partial charge in [-0.2, -0.15) is 0 Å². The van der Waals surface area contributed by atoms with Crippen LogP contribution >= 0.6 is 11.6 Å². The summed E-state index contributed by atoms with van der Waals surface area (Å²) in [6.07, 6.45) is 3.20. The minimum atomic E-state index is -0.196. The van der Waals surface area contributed by atoms with Gasteiger partial charge in [0.15, 0.2) is 0 Å². The molecule has 0 saturated carbocycles. The molecular formula is C22H22ClN3O2. The van der Waals surface area contributed by atoms with Gasteiger partial charge in [0.2, 0.25) is 0 Å². The van der Waals surface area contributed by atoms with E-state index in [2.05, 4.69) is 15.6 Å². The number of nitrogens with one attached hydrogen (secondary N) is 2. The number of halogens is 1. The number of methoxy groups -OCH3 is 1. The Morgan fingerprint density at radius 2 is 1.86 bits per heavy atom. The van der Waals surface area contributed by atoms with Gasteiger partial charge in [0, 0.05) is 12.7 Å². The lowest BCUT2D eigenvalue weighted by atomic mass is 10.1. The van der Waals surface area contributed by atoms with E-state index in [-0.39, 0.29) is 5.91 Å². The first-order chi connectivity index (χ1) is 13.5. The molecule has 3 rings (SSSR count). The number of ether oxygens (including phenoxy) is 1. The van der Waals surface area contributed by atoms with E-state index in [0.29, 0.717) is 22.8 Å². The molecule has 2 aromatic carbocycles. The lowest BCUT2D eigenvalue weighted by Crippen LogP contribution is -2.23. The van der Waals surface area contributed by atoms with Gasteiger partial charge in [-0.3, -0.25) is 9.78 Å². The molecular weight excluding hydrogens is 374 g/mol. The number of pyridine rings is 1. The summed E-state index contributed by atoms with van der Waals surface area (Å²) >= 11 is 6.36. The summed E-state index contributed by atoms with van der Waals surface area (Å²) in [7, 11) is 1.62. The predicted molar refractivity (Wildman–Crippen MR) is 113 cm³/mol. The molecule has 0 aliphatic rings. The summed E-state index contributed by atoms with van der Waals surface area (Å²) in [6, 6.07) is 13.3. The van der Waals surface area contributed by atoms with Crippen LogP contribution in [-0.2, 0) is 6.54 Å². The van der Waals surface area contributed by atoms with Crippen LogP contribution in [0.1, 0.15) is 27.0 Å². The van der Waals surface area contributed by atoms with E-state index in [0.717, 1.165) is 28.1 Å². The summed E-state index contributed by atoms with van der Waals surface area (Å²) < 4.78 is 5.14. The van der Waals surface area contributed by atoms with Crippen LogP contribution in [0.4, 0.5) is 11.4 Å². The molecule has 0 radical (unpaired) electrons. The number of carbonyl (C=O) groups excluding carboxylic acids is 1. The lowest BCUT2D eigenvalue weighted by molar-refractivity contribution is 0.0950. The number of amides is 1. The van der Waals surface area contributed by atoms with Gasteiger partial charge in [0.1, 0.15) is 5.75 Å². The molecule has 0 atom stereocenters. The summed E-state index contributed by atoms with van der Waals surface area (Å²) in [5, 5.41) is 6.79. The van der Waals surface area contributed by atoms with E-state index in [1.54, 1.807) is 19.4 Å². The Morgan fingerprint density at radius 3 is 2.54 bits per heavy atom. The van der Waals surface area contributed by atoms with Crippen molar-refractivity contribution >= 4 is 28.9 Å². The fraction of sp³-hybridized carbons (Fsp3) is 0.182. The molecule has 0 aliphatic heterocycles. The minimum absolute atomic E-state index is 0.196. The maximum absolute atomic E-state index is 12.5. The second-order valence-electron chi connectivity index (χ2n) is 6.56. The molecule has 3 aromatic rings. The molecule has 6 heteroatoms. The molecule has 0 aliphatic carbocycles. The van der Waals surface area contributed by atoms with Gasteiger partial charge in [0.25, 0.3) is 5.91 Å². The number of anilines is 2. The van der Waals surface area contributed by atoms with Crippen LogP contribution in [0, 0.1) is 13.8 Å². The molecule has 0 unspecified atom stereocenters. The first kappa shape index (κ1) is 19.7. The quantitative estimate of drug-likeness (QED) is 0.614. The van der Waals surface area contributed by atoms with Crippen molar-refractivity contribution in [3.63, 3.8) is 0 Å². The van der Waals surface area contributed by atoms with Gasteiger partial charge in [-0.25, -0.2) is 0 Å². The minimum Gasteiger partial charge on any atom is -0.497 e. The van der Waals surface area contributed by atoms with Crippen molar-refractivity contribution in [3.05, 3.63) is 82.1 Å².